The zero-order valence-electron chi connectivity index (χ0n) is 11.1. The van der Waals surface area contributed by atoms with E-state index in [0.717, 1.165) is 16.2 Å². The lowest BCUT2D eigenvalue weighted by atomic mass is 10.0. The summed E-state index contributed by atoms with van der Waals surface area (Å²) in [5.74, 6) is 0.000975. The molecule has 1 aliphatic rings. The molecule has 104 valence electrons. The molecule has 0 aliphatic carbocycles. The number of carbonyl (C=O) groups excluding carboxylic acids is 1. The molecule has 0 radical (unpaired) electrons. The van der Waals surface area contributed by atoms with E-state index in [4.69, 9.17) is 5.73 Å². The second kappa shape index (κ2) is 4.57. The summed E-state index contributed by atoms with van der Waals surface area (Å²) in [7, 11) is 0. The first-order chi connectivity index (χ1) is 8.71. The monoisotopic (exact) mass is 283 g/mol. The highest BCUT2D eigenvalue weighted by Gasteiger charge is 2.44. The molecule has 1 aliphatic heterocycles. The summed E-state index contributed by atoms with van der Waals surface area (Å²) in [6, 6.07) is 2.58. The molecule has 0 spiro atoms. The Bertz CT molecular complexity index is 521. The summed E-state index contributed by atoms with van der Waals surface area (Å²) in [5.41, 5.74) is 5.70. The Kier molecular flexibility index (Phi) is 3.36. The summed E-state index contributed by atoms with van der Waals surface area (Å²) in [4.78, 5) is 24.9. The maximum atomic E-state index is 12.1. The van der Waals surface area contributed by atoms with Gasteiger partial charge in [0.05, 0.1) is 11.0 Å². The minimum absolute atomic E-state index is 0.000975. The molecule has 1 aromatic heterocycles. The first-order valence-corrected chi connectivity index (χ1v) is 6.85. The molecular formula is C12H17N3O3S. The average molecular weight is 283 g/mol. The minimum atomic E-state index is -0.419. The van der Waals surface area contributed by atoms with Crippen LogP contribution in [-0.2, 0) is 4.79 Å². The van der Waals surface area contributed by atoms with Crippen molar-refractivity contribution in [1.29, 1.82) is 0 Å². The van der Waals surface area contributed by atoms with Crippen molar-refractivity contribution in [2.24, 2.45) is 5.73 Å². The molecule has 0 bridgehead atoms. The van der Waals surface area contributed by atoms with Crippen LogP contribution in [0.3, 0.4) is 0 Å². The van der Waals surface area contributed by atoms with Crippen molar-refractivity contribution in [1.82, 2.24) is 4.90 Å². The summed E-state index contributed by atoms with van der Waals surface area (Å²) in [6.45, 7) is 5.83. The lowest BCUT2D eigenvalue weighted by Gasteiger charge is -2.37. The summed E-state index contributed by atoms with van der Waals surface area (Å²) in [5, 5.41) is 10.8. The van der Waals surface area contributed by atoms with E-state index in [1.54, 1.807) is 11.0 Å². The topological polar surface area (TPSA) is 89.5 Å². The van der Waals surface area contributed by atoms with Crippen molar-refractivity contribution in [3.63, 3.8) is 0 Å². The standard InChI is InChI=1S/C12H17N3O3S/c1-12(2,3)14-9(16)6-7(13)11(14)8-4-5-10(19-8)15(17)18/h4-5,7,11H,6,13H2,1-3H3. The van der Waals surface area contributed by atoms with E-state index in [2.05, 4.69) is 0 Å². The van der Waals surface area contributed by atoms with Gasteiger partial charge in [-0.2, -0.15) is 0 Å². The molecule has 6 nitrogen and oxygen atoms in total. The van der Waals surface area contributed by atoms with Crippen LogP contribution in [-0.4, -0.2) is 27.3 Å². The molecule has 7 heteroatoms. The maximum absolute atomic E-state index is 12.1. The van der Waals surface area contributed by atoms with Crippen LogP contribution in [0.4, 0.5) is 5.00 Å². The van der Waals surface area contributed by atoms with Gasteiger partial charge in [-0.25, -0.2) is 0 Å². The van der Waals surface area contributed by atoms with Crippen LogP contribution in [0, 0.1) is 10.1 Å². The van der Waals surface area contributed by atoms with Crippen molar-refractivity contribution in [2.45, 2.75) is 44.8 Å². The Balaban J connectivity index is 2.39. The van der Waals surface area contributed by atoms with Crippen molar-refractivity contribution < 1.29 is 9.72 Å². The van der Waals surface area contributed by atoms with Crippen molar-refractivity contribution in [3.8, 4) is 0 Å². The highest BCUT2D eigenvalue weighted by Crippen LogP contribution is 2.41. The molecule has 1 amide bonds. The second-order valence-corrected chi connectivity index (χ2v) is 6.77. The Morgan fingerprint density at radius 3 is 2.58 bits per heavy atom. The van der Waals surface area contributed by atoms with Gasteiger partial charge in [-0.1, -0.05) is 11.3 Å². The number of likely N-dealkylation sites (tertiary alicyclic amines) is 1. The molecule has 2 unspecified atom stereocenters. The Hall–Kier alpha value is -1.47. The van der Waals surface area contributed by atoms with Crippen LogP contribution in [0.2, 0.25) is 0 Å². The van der Waals surface area contributed by atoms with Crippen LogP contribution in [0.5, 0.6) is 0 Å². The van der Waals surface area contributed by atoms with Crippen LogP contribution < -0.4 is 5.73 Å². The number of carbonyl (C=O) groups is 1. The third kappa shape index (κ3) is 2.48. The van der Waals surface area contributed by atoms with Crippen molar-refractivity contribution >= 4 is 22.2 Å². The first-order valence-electron chi connectivity index (χ1n) is 6.03. The van der Waals surface area contributed by atoms with Gasteiger partial charge in [-0.3, -0.25) is 14.9 Å². The predicted octanol–water partition coefficient (Wildman–Crippen LogP) is 2.06. The molecule has 2 heterocycles. The number of nitrogens with two attached hydrogens (primary N) is 1. The Morgan fingerprint density at radius 2 is 2.11 bits per heavy atom. The highest BCUT2D eigenvalue weighted by atomic mass is 32.1. The zero-order valence-corrected chi connectivity index (χ0v) is 11.9. The van der Waals surface area contributed by atoms with Gasteiger partial charge in [0.25, 0.3) is 0 Å². The van der Waals surface area contributed by atoms with Crippen LogP contribution >= 0.6 is 11.3 Å². The van der Waals surface area contributed by atoms with E-state index >= 15 is 0 Å². The predicted molar refractivity (Wildman–Crippen MR) is 72.9 cm³/mol. The van der Waals surface area contributed by atoms with Crippen molar-refractivity contribution in [3.05, 3.63) is 27.1 Å². The number of nitrogens with zero attached hydrogens (tertiary/aromatic N) is 2. The van der Waals surface area contributed by atoms with E-state index in [9.17, 15) is 14.9 Å². The molecule has 1 aromatic rings. The summed E-state index contributed by atoms with van der Waals surface area (Å²) < 4.78 is 0. The smallest absolute Gasteiger partial charge is 0.324 e. The van der Waals surface area contributed by atoms with E-state index in [1.165, 1.54) is 6.07 Å². The van der Waals surface area contributed by atoms with Crippen LogP contribution in [0.25, 0.3) is 0 Å². The van der Waals surface area contributed by atoms with Gasteiger partial charge in [-0.05, 0) is 26.8 Å². The molecule has 2 N–H and O–H groups in total. The molecule has 1 saturated heterocycles. The van der Waals surface area contributed by atoms with E-state index in [-0.39, 0.29) is 35.0 Å². The first kappa shape index (κ1) is 14.0. The Morgan fingerprint density at radius 1 is 1.47 bits per heavy atom. The normalized spacial score (nSPS) is 24.0. The number of rotatable bonds is 2. The molecule has 0 saturated carbocycles. The SMILES string of the molecule is CC(C)(C)N1C(=O)CC(N)C1c1ccc([N+](=O)[O-])s1. The lowest BCUT2D eigenvalue weighted by molar-refractivity contribution is -0.380. The van der Waals surface area contributed by atoms with Gasteiger partial charge in [-0.15, -0.1) is 0 Å². The fraction of sp³-hybridized carbons (Fsp3) is 0.583. The van der Waals surface area contributed by atoms with Crippen LogP contribution in [0.1, 0.15) is 38.1 Å². The van der Waals surface area contributed by atoms with E-state index < -0.39 is 4.92 Å². The number of hydrogen-bond donors (Lipinski definition) is 1. The average Bonchev–Trinajstić information content (AvgIpc) is 2.80. The summed E-state index contributed by atoms with van der Waals surface area (Å²) in [6.07, 6.45) is 0.285. The molecule has 2 atom stereocenters. The van der Waals surface area contributed by atoms with Gasteiger partial charge in [0, 0.05) is 28.9 Å². The molecule has 19 heavy (non-hydrogen) atoms. The quantitative estimate of drug-likeness (QED) is 0.664. The molecular weight excluding hydrogens is 266 g/mol. The summed E-state index contributed by atoms with van der Waals surface area (Å²) >= 11 is 1.09. The number of nitro groups is 1. The number of hydrogen-bond acceptors (Lipinski definition) is 5. The Labute approximate surface area is 115 Å². The fourth-order valence-electron chi connectivity index (χ4n) is 2.49. The highest BCUT2D eigenvalue weighted by molar-refractivity contribution is 7.15. The fourth-order valence-corrected chi connectivity index (χ4v) is 3.48. The molecule has 0 aromatic carbocycles. The lowest BCUT2D eigenvalue weighted by Crippen LogP contribution is -2.45. The largest absolute Gasteiger partial charge is 0.328 e. The third-order valence-electron chi connectivity index (χ3n) is 3.17. The maximum Gasteiger partial charge on any atom is 0.324 e. The van der Waals surface area contributed by atoms with Gasteiger partial charge >= 0.3 is 5.00 Å². The van der Waals surface area contributed by atoms with E-state index in [1.807, 2.05) is 20.8 Å². The minimum Gasteiger partial charge on any atom is -0.328 e. The van der Waals surface area contributed by atoms with Gasteiger partial charge in [0.15, 0.2) is 0 Å². The van der Waals surface area contributed by atoms with Gasteiger partial charge < -0.3 is 10.6 Å². The van der Waals surface area contributed by atoms with Crippen LogP contribution in [0.15, 0.2) is 12.1 Å². The number of thiophene rings is 1. The van der Waals surface area contributed by atoms with Gasteiger partial charge in [0.1, 0.15) is 0 Å². The van der Waals surface area contributed by atoms with Gasteiger partial charge in [0.2, 0.25) is 5.91 Å². The third-order valence-corrected chi connectivity index (χ3v) is 4.28. The van der Waals surface area contributed by atoms with E-state index in [0.29, 0.717) is 0 Å². The molecule has 2 rings (SSSR count). The zero-order chi connectivity index (χ0) is 14.4. The molecule has 1 fully saturated rings. The second-order valence-electron chi connectivity index (χ2n) is 5.68. The van der Waals surface area contributed by atoms with Crippen molar-refractivity contribution in [2.75, 3.05) is 0 Å². The number of amides is 1.